The summed E-state index contributed by atoms with van der Waals surface area (Å²) >= 11 is 1.31. The largest absolute Gasteiger partial charge is 0.379 e. The molecule has 7 nitrogen and oxygen atoms in total. The van der Waals surface area contributed by atoms with Crippen LogP contribution in [-0.2, 0) is 11.8 Å². The molecule has 3 heterocycles. The number of carbonyl (C=O) groups excluding carboxylic acids is 1. The predicted octanol–water partition coefficient (Wildman–Crippen LogP) is 2.15. The van der Waals surface area contributed by atoms with Crippen LogP contribution in [-0.4, -0.2) is 64.7 Å². The van der Waals surface area contributed by atoms with Crippen molar-refractivity contribution in [2.75, 3.05) is 44.3 Å². The first-order valence-electron chi connectivity index (χ1n) is 8.77. The van der Waals surface area contributed by atoms with Crippen molar-refractivity contribution in [1.82, 2.24) is 19.4 Å². The lowest BCUT2D eigenvalue weighted by Crippen LogP contribution is -2.43. The number of carbonyl (C=O) groups is 1. The van der Waals surface area contributed by atoms with Crippen LogP contribution in [0.4, 0.5) is 9.52 Å². The van der Waals surface area contributed by atoms with E-state index in [-0.39, 0.29) is 11.7 Å². The molecule has 0 spiro atoms. The maximum atomic E-state index is 13.5. The summed E-state index contributed by atoms with van der Waals surface area (Å²) in [5.74, 6) is -0.175. The van der Waals surface area contributed by atoms with Gasteiger partial charge in [0.15, 0.2) is 11.0 Å². The summed E-state index contributed by atoms with van der Waals surface area (Å²) in [6.07, 6.45) is 3.34. The van der Waals surface area contributed by atoms with Crippen LogP contribution in [0.3, 0.4) is 0 Å². The molecule has 1 aliphatic rings. The molecule has 4 rings (SSSR count). The molecular formula is C18H20FN5O2S. The summed E-state index contributed by atoms with van der Waals surface area (Å²) in [5, 5.41) is 0.553. The van der Waals surface area contributed by atoms with Crippen molar-refractivity contribution < 1.29 is 13.9 Å². The highest BCUT2D eigenvalue weighted by Crippen LogP contribution is 2.30. The normalized spacial score (nSPS) is 15.3. The fourth-order valence-electron chi connectivity index (χ4n) is 3.04. The Kier molecular flexibility index (Phi) is 5.15. The monoisotopic (exact) mass is 389 g/mol. The van der Waals surface area contributed by atoms with Gasteiger partial charge in [-0.1, -0.05) is 11.3 Å². The van der Waals surface area contributed by atoms with E-state index in [1.54, 1.807) is 35.0 Å². The molecule has 0 aliphatic carbocycles. The fourth-order valence-corrected chi connectivity index (χ4v) is 4.06. The molecule has 1 saturated heterocycles. The number of imidazole rings is 1. The fraction of sp³-hybridized carbons (Fsp3) is 0.389. The van der Waals surface area contributed by atoms with Gasteiger partial charge in [-0.05, 0) is 18.2 Å². The number of benzene rings is 1. The Labute approximate surface area is 160 Å². The van der Waals surface area contributed by atoms with E-state index in [1.165, 1.54) is 23.5 Å². The number of morpholine rings is 1. The number of amides is 1. The van der Waals surface area contributed by atoms with Gasteiger partial charge in [-0.15, -0.1) is 0 Å². The van der Waals surface area contributed by atoms with Crippen LogP contribution in [0, 0.1) is 5.82 Å². The number of fused-ring (bicyclic) bond motifs is 1. The maximum Gasteiger partial charge on any atom is 0.296 e. The molecule has 1 fully saturated rings. The molecule has 27 heavy (non-hydrogen) atoms. The van der Waals surface area contributed by atoms with E-state index in [0.29, 0.717) is 47.5 Å². The van der Waals surface area contributed by atoms with Crippen molar-refractivity contribution >= 4 is 32.6 Å². The molecule has 0 atom stereocenters. The number of hydrogen-bond acceptors (Lipinski definition) is 6. The Morgan fingerprint density at radius 1 is 1.37 bits per heavy atom. The van der Waals surface area contributed by atoms with Gasteiger partial charge in [0.1, 0.15) is 5.82 Å². The van der Waals surface area contributed by atoms with Gasteiger partial charge in [0.2, 0.25) is 0 Å². The van der Waals surface area contributed by atoms with E-state index in [0.717, 1.165) is 13.1 Å². The van der Waals surface area contributed by atoms with E-state index in [1.807, 2.05) is 0 Å². The number of rotatable bonds is 5. The van der Waals surface area contributed by atoms with Gasteiger partial charge in [-0.25, -0.2) is 14.4 Å². The molecule has 2 aromatic heterocycles. The number of halogens is 1. The zero-order valence-corrected chi connectivity index (χ0v) is 15.8. The zero-order valence-electron chi connectivity index (χ0n) is 15.0. The van der Waals surface area contributed by atoms with Crippen molar-refractivity contribution in [1.29, 1.82) is 0 Å². The molecule has 0 N–H and O–H groups in total. The molecule has 9 heteroatoms. The number of aromatic nitrogens is 3. The smallest absolute Gasteiger partial charge is 0.296 e. The van der Waals surface area contributed by atoms with Crippen molar-refractivity contribution in [3.05, 3.63) is 42.2 Å². The second-order valence-corrected chi connectivity index (χ2v) is 7.39. The Hall–Kier alpha value is -2.36. The Morgan fingerprint density at radius 3 is 2.93 bits per heavy atom. The summed E-state index contributed by atoms with van der Waals surface area (Å²) in [6.45, 7) is 4.28. The minimum Gasteiger partial charge on any atom is -0.379 e. The number of hydrogen-bond donors (Lipinski definition) is 0. The van der Waals surface area contributed by atoms with Gasteiger partial charge in [0, 0.05) is 45.6 Å². The van der Waals surface area contributed by atoms with Gasteiger partial charge in [0.05, 0.1) is 23.4 Å². The van der Waals surface area contributed by atoms with E-state index < -0.39 is 0 Å². The zero-order chi connectivity index (χ0) is 18.8. The molecule has 0 unspecified atom stereocenters. The lowest BCUT2D eigenvalue weighted by molar-refractivity contribution is 0.0391. The van der Waals surface area contributed by atoms with E-state index >= 15 is 0 Å². The third-order valence-corrected chi connectivity index (χ3v) is 5.61. The summed E-state index contributed by atoms with van der Waals surface area (Å²) in [4.78, 5) is 25.8. The third-order valence-electron chi connectivity index (χ3n) is 4.57. The SMILES string of the molecule is Cn1ccnc1C(=O)N(CCN1CCOCC1)c1nc2ccc(F)cc2s1. The highest BCUT2D eigenvalue weighted by molar-refractivity contribution is 7.22. The molecule has 1 aromatic carbocycles. The molecule has 0 saturated carbocycles. The quantitative estimate of drug-likeness (QED) is 0.669. The number of thiazole rings is 1. The predicted molar refractivity (Wildman–Crippen MR) is 102 cm³/mol. The third kappa shape index (κ3) is 3.85. The van der Waals surface area contributed by atoms with Crippen LogP contribution in [0.15, 0.2) is 30.6 Å². The molecule has 1 aliphatic heterocycles. The number of aryl methyl sites for hydroxylation is 1. The Balaban J connectivity index is 1.63. The molecule has 0 bridgehead atoms. The second-order valence-electron chi connectivity index (χ2n) is 6.38. The summed E-state index contributed by atoms with van der Waals surface area (Å²) in [6, 6.07) is 4.46. The highest BCUT2D eigenvalue weighted by Gasteiger charge is 2.25. The molecule has 3 aromatic rings. The average Bonchev–Trinajstić information content (AvgIpc) is 3.28. The lowest BCUT2D eigenvalue weighted by Gasteiger charge is -2.29. The van der Waals surface area contributed by atoms with Gasteiger partial charge >= 0.3 is 0 Å². The van der Waals surface area contributed by atoms with Crippen LogP contribution in [0.25, 0.3) is 10.2 Å². The second kappa shape index (κ2) is 7.71. The Morgan fingerprint density at radius 2 is 2.19 bits per heavy atom. The maximum absolute atomic E-state index is 13.5. The first kappa shape index (κ1) is 18.0. The van der Waals surface area contributed by atoms with Crippen molar-refractivity contribution in [2.24, 2.45) is 7.05 Å². The molecule has 0 radical (unpaired) electrons. The molecule has 142 valence electrons. The van der Waals surface area contributed by atoms with Crippen LogP contribution in [0.1, 0.15) is 10.6 Å². The Bertz CT molecular complexity index is 950. The van der Waals surface area contributed by atoms with Gasteiger partial charge in [-0.3, -0.25) is 14.6 Å². The summed E-state index contributed by atoms with van der Waals surface area (Å²) in [7, 11) is 1.79. The van der Waals surface area contributed by atoms with Crippen molar-refractivity contribution in [3.8, 4) is 0 Å². The lowest BCUT2D eigenvalue weighted by atomic mass is 10.3. The summed E-state index contributed by atoms with van der Waals surface area (Å²) < 4.78 is 21.3. The minimum absolute atomic E-state index is 0.213. The van der Waals surface area contributed by atoms with Crippen LogP contribution in [0.2, 0.25) is 0 Å². The molecule has 1 amide bonds. The summed E-state index contributed by atoms with van der Waals surface area (Å²) in [5.41, 5.74) is 0.681. The standard InChI is InChI=1S/C18H20FN5O2S/c1-22-5-4-20-16(22)17(25)24(7-6-23-8-10-26-11-9-23)18-21-14-3-2-13(19)12-15(14)27-18/h2-5,12H,6-11H2,1H3. The number of nitrogens with zero attached hydrogens (tertiary/aromatic N) is 5. The van der Waals surface area contributed by atoms with Gasteiger partial charge in [0.25, 0.3) is 5.91 Å². The van der Waals surface area contributed by atoms with Gasteiger partial charge < -0.3 is 9.30 Å². The highest BCUT2D eigenvalue weighted by atomic mass is 32.1. The number of ether oxygens (including phenoxy) is 1. The minimum atomic E-state index is -0.312. The van der Waals surface area contributed by atoms with Crippen molar-refractivity contribution in [3.63, 3.8) is 0 Å². The average molecular weight is 389 g/mol. The molecular weight excluding hydrogens is 369 g/mol. The van der Waals surface area contributed by atoms with Crippen LogP contribution >= 0.6 is 11.3 Å². The van der Waals surface area contributed by atoms with Crippen LogP contribution in [0.5, 0.6) is 0 Å². The van der Waals surface area contributed by atoms with Crippen molar-refractivity contribution in [2.45, 2.75) is 0 Å². The van der Waals surface area contributed by atoms with Crippen LogP contribution < -0.4 is 4.90 Å². The topological polar surface area (TPSA) is 63.5 Å². The van der Waals surface area contributed by atoms with E-state index in [2.05, 4.69) is 14.9 Å². The van der Waals surface area contributed by atoms with E-state index in [9.17, 15) is 9.18 Å². The first-order valence-corrected chi connectivity index (χ1v) is 9.59. The van der Waals surface area contributed by atoms with E-state index in [4.69, 9.17) is 4.74 Å². The first-order chi connectivity index (χ1) is 13.1. The number of anilines is 1. The van der Waals surface area contributed by atoms with Gasteiger partial charge in [-0.2, -0.15) is 0 Å².